The summed E-state index contributed by atoms with van der Waals surface area (Å²) in [6.07, 6.45) is 1.55. The SMILES string of the molecule is COc1ccccc1CNc1ncnc2c1c(C)nn2C. The molecule has 0 spiro atoms. The lowest BCUT2D eigenvalue weighted by atomic mass is 10.2. The smallest absolute Gasteiger partial charge is 0.163 e. The lowest BCUT2D eigenvalue weighted by molar-refractivity contribution is 0.410. The summed E-state index contributed by atoms with van der Waals surface area (Å²) < 4.78 is 7.12. The van der Waals surface area contributed by atoms with Crippen molar-refractivity contribution in [2.24, 2.45) is 7.05 Å². The minimum atomic E-state index is 0.629. The zero-order chi connectivity index (χ0) is 14.8. The van der Waals surface area contributed by atoms with Gasteiger partial charge in [-0.25, -0.2) is 9.97 Å². The molecule has 0 unspecified atom stereocenters. The van der Waals surface area contributed by atoms with Gasteiger partial charge in [0.15, 0.2) is 5.65 Å². The molecule has 2 heterocycles. The van der Waals surface area contributed by atoms with E-state index in [-0.39, 0.29) is 0 Å². The maximum Gasteiger partial charge on any atom is 0.163 e. The Morgan fingerprint density at radius 3 is 2.86 bits per heavy atom. The van der Waals surface area contributed by atoms with Crippen LogP contribution in [0.2, 0.25) is 0 Å². The van der Waals surface area contributed by atoms with Crippen molar-refractivity contribution in [3.05, 3.63) is 41.9 Å². The summed E-state index contributed by atoms with van der Waals surface area (Å²) in [6, 6.07) is 7.92. The number of para-hydroxylation sites is 1. The number of methoxy groups -OCH3 is 1. The van der Waals surface area contributed by atoms with Gasteiger partial charge in [0, 0.05) is 19.2 Å². The summed E-state index contributed by atoms with van der Waals surface area (Å²) in [6.45, 7) is 2.59. The van der Waals surface area contributed by atoms with Crippen molar-refractivity contribution in [2.45, 2.75) is 13.5 Å². The van der Waals surface area contributed by atoms with E-state index in [2.05, 4.69) is 20.4 Å². The maximum atomic E-state index is 5.36. The highest BCUT2D eigenvalue weighted by Crippen LogP contribution is 2.24. The van der Waals surface area contributed by atoms with Gasteiger partial charge in [-0.2, -0.15) is 5.10 Å². The van der Waals surface area contributed by atoms with Crippen LogP contribution in [-0.2, 0) is 13.6 Å². The quantitative estimate of drug-likeness (QED) is 0.796. The zero-order valence-corrected chi connectivity index (χ0v) is 12.3. The number of ether oxygens (including phenoxy) is 1. The third-order valence-electron chi connectivity index (χ3n) is 3.43. The second-order valence-electron chi connectivity index (χ2n) is 4.80. The molecular formula is C15H17N5O. The monoisotopic (exact) mass is 283 g/mol. The van der Waals surface area contributed by atoms with Crippen LogP contribution in [0.25, 0.3) is 11.0 Å². The van der Waals surface area contributed by atoms with Crippen molar-refractivity contribution in [1.82, 2.24) is 19.7 Å². The normalized spacial score (nSPS) is 10.8. The van der Waals surface area contributed by atoms with Gasteiger partial charge in [-0.05, 0) is 13.0 Å². The predicted molar refractivity (Wildman–Crippen MR) is 81.4 cm³/mol. The van der Waals surface area contributed by atoms with Gasteiger partial charge in [0.2, 0.25) is 0 Å². The van der Waals surface area contributed by atoms with Crippen molar-refractivity contribution in [3.63, 3.8) is 0 Å². The number of nitrogens with zero attached hydrogens (tertiary/aromatic N) is 4. The maximum absolute atomic E-state index is 5.36. The van der Waals surface area contributed by atoms with Gasteiger partial charge in [0.25, 0.3) is 0 Å². The molecule has 0 atom stereocenters. The van der Waals surface area contributed by atoms with Crippen molar-refractivity contribution in [3.8, 4) is 5.75 Å². The third kappa shape index (κ3) is 2.40. The number of anilines is 1. The average Bonchev–Trinajstić information content (AvgIpc) is 2.81. The Bertz CT molecular complexity index is 781. The summed E-state index contributed by atoms with van der Waals surface area (Å²) in [5.74, 6) is 1.65. The van der Waals surface area contributed by atoms with Crippen LogP contribution in [0.3, 0.4) is 0 Å². The first kappa shape index (κ1) is 13.4. The van der Waals surface area contributed by atoms with E-state index in [1.54, 1.807) is 18.1 Å². The highest BCUT2D eigenvalue weighted by atomic mass is 16.5. The molecule has 6 heteroatoms. The third-order valence-corrected chi connectivity index (χ3v) is 3.43. The Balaban J connectivity index is 1.92. The predicted octanol–water partition coefficient (Wildman–Crippen LogP) is 2.29. The minimum Gasteiger partial charge on any atom is -0.496 e. The summed E-state index contributed by atoms with van der Waals surface area (Å²) in [4.78, 5) is 8.61. The van der Waals surface area contributed by atoms with Crippen molar-refractivity contribution in [1.29, 1.82) is 0 Å². The molecule has 3 aromatic rings. The number of nitrogens with one attached hydrogen (secondary N) is 1. The fraction of sp³-hybridized carbons (Fsp3) is 0.267. The summed E-state index contributed by atoms with van der Waals surface area (Å²) in [7, 11) is 3.55. The Morgan fingerprint density at radius 2 is 2.05 bits per heavy atom. The lowest BCUT2D eigenvalue weighted by Gasteiger charge is -2.10. The van der Waals surface area contributed by atoms with E-state index in [1.165, 1.54) is 0 Å². The van der Waals surface area contributed by atoms with E-state index < -0.39 is 0 Å². The Hall–Kier alpha value is -2.63. The second-order valence-corrected chi connectivity index (χ2v) is 4.80. The first-order valence-corrected chi connectivity index (χ1v) is 6.70. The van der Waals surface area contributed by atoms with E-state index in [0.717, 1.165) is 33.9 Å². The molecule has 0 saturated heterocycles. The standard InChI is InChI=1S/C15H17N5O/c1-10-13-14(17-9-18-15(13)20(2)19-10)16-8-11-6-4-5-7-12(11)21-3/h4-7,9H,8H2,1-3H3,(H,16,17,18). The average molecular weight is 283 g/mol. The van der Waals surface area contributed by atoms with Gasteiger partial charge in [-0.1, -0.05) is 18.2 Å². The molecule has 6 nitrogen and oxygen atoms in total. The van der Waals surface area contributed by atoms with Crippen LogP contribution in [-0.4, -0.2) is 26.9 Å². The van der Waals surface area contributed by atoms with E-state index in [0.29, 0.717) is 6.54 Å². The van der Waals surface area contributed by atoms with Gasteiger partial charge < -0.3 is 10.1 Å². The van der Waals surface area contributed by atoms with Gasteiger partial charge in [0.1, 0.15) is 17.9 Å². The van der Waals surface area contributed by atoms with Gasteiger partial charge in [-0.3, -0.25) is 4.68 Å². The van der Waals surface area contributed by atoms with Gasteiger partial charge >= 0.3 is 0 Å². The molecule has 3 rings (SSSR count). The number of benzene rings is 1. The van der Waals surface area contributed by atoms with Crippen molar-refractivity contribution in [2.75, 3.05) is 12.4 Å². The Kier molecular flexibility index (Phi) is 3.43. The van der Waals surface area contributed by atoms with Crippen molar-refractivity contribution >= 4 is 16.9 Å². The molecule has 0 aliphatic carbocycles. The van der Waals surface area contributed by atoms with Crippen LogP contribution in [0.4, 0.5) is 5.82 Å². The fourth-order valence-electron chi connectivity index (χ4n) is 2.44. The molecule has 0 amide bonds. The van der Waals surface area contributed by atoms with E-state index >= 15 is 0 Å². The number of rotatable bonds is 4. The summed E-state index contributed by atoms with van der Waals surface area (Å²) in [5, 5.41) is 8.69. The molecule has 1 N–H and O–H groups in total. The first-order chi connectivity index (χ1) is 10.2. The zero-order valence-electron chi connectivity index (χ0n) is 12.3. The van der Waals surface area contributed by atoms with E-state index in [1.807, 2.05) is 38.2 Å². The molecule has 2 aromatic heterocycles. The number of aryl methyl sites for hydroxylation is 2. The molecule has 0 fully saturated rings. The molecule has 21 heavy (non-hydrogen) atoms. The molecule has 0 bridgehead atoms. The molecule has 108 valence electrons. The fourth-order valence-corrected chi connectivity index (χ4v) is 2.44. The second kappa shape index (κ2) is 5.40. The van der Waals surface area contributed by atoms with Crippen LogP contribution >= 0.6 is 0 Å². The van der Waals surface area contributed by atoms with Crippen LogP contribution in [0.5, 0.6) is 5.75 Å². The topological polar surface area (TPSA) is 64.9 Å². The highest BCUT2D eigenvalue weighted by Gasteiger charge is 2.12. The van der Waals surface area contributed by atoms with Gasteiger partial charge in [0.05, 0.1) is 18.2 Å². The largest absolute Gasteiger partial charge is 0.496 e. The first-order valence-electron chi connectivity index (χ1n) is 6.70. The molecular weight excluding hydrogens is 266 g/mol. The molecule has 0 aliphatic heterocycles. The van der Waals surface area contributed by atoms with E-state index in [4.69, 9.17) is 4.74 Å². The van der Waals surface area contributed by atoms with Crippen LogP contribution in [0, 0.1) is 6.92 Å². The van der Waals surface area contributed by atoms with Gasteiger partial charge in [-0.15, -0.1) is 0 Å². The molecule has 0 aliphatic rings. The minimum absolute atomic E-state index is 0.629. The molecule has 0 radical (unpaired) electrons. The van der Waals surface area contributed by atoms with Crippen LogP contribution < -0.4 is 10.1 Å². The Labute approximate surface area is 122 Å². The lowest BCUT2D eigenvalue weighted by Crippen LogP contribution is -2.04. The van der Waals surface area contributed by atoms with Crippen molar-refractivity contribution < 1.29 is 4.74 Å². The highest BCUT2D eigenvalue weighted by molar-refractivity contribution is 5.89. The molecule has 0 saturated carbocycles. The Morgan fingerprint density at radius 1 is 1.24 bits per heavy atom. The number of hydrogen-bond donors (Lipinski definition) is 1. The summed E-state index contributed by atoms with van der Waals surface area (Å²) >= 11 is 0. The van der Waals surface area contributed by atoms with Crippen LogP contribution in [0.15, 0.2) is 30.6 Å². The molecule has 1 aromatic carbocycles. The number of fused-ring (bicyclic) bond motifs is 1. The number of hydrogen-bond acceptors (Lipinski definition) is 5. The summed E-state index contributed by atoms with van der Waals surface area (Å²) in [5.41, 5.74) is 2.81. The van der Waals surface area contributed by atoms with Crippen LogP contribution in [0.1, 0.15) is 11.3 Å². The number of aromatic nitrogens is 4. The van der Waals surface area contributed by atoms with E-state index in [9.17, 15) is 0 Å².